The predicted molar refractivity (Wildman–Crippen MR) is 113 cm³/mol. The second-order valence-electron chi connectivity index (χ2n) is 7.45. The van der Waals surface area contributed by atoms with Crippen molar-refractivity contribution < 1.29 is 9.53 Å². The molecule has 1 N–H and O–H groups in total. The molecule has 0 spiro atoms. The molecule has 1 aliphatic rings. The van der Waals surface area contributed by atoms with Gasteiger partial charge in [-0.3, -0.25) is 14.6 Å². The van der Waals surface area contributed by atoms with Crippen molar-refractivity contribution in [3.05, 3.63) is 65.2 Å². The standard InChI is InChI=1S/C23H31N3O2/c1-19-8-9-22(28-2)21(16-19)10-11-24-23(27)18-26-14-12-25(13-15-26)17-20-6-4-3-5-7-20/h3-9,16H,10-15,17-18H2,1-2H3,(H,24,27). The molecule has 1 heterocycles. The van der Waals surface area contributed by atoms with E-state index in [4.69, 9.17) is 4.74 Å². The highest BCUT2D eigenvalue weighted by Gasteiger charge is 2.18. The molecular weight excluding hydrogens is 350 g/mol. The average molecular weight is 382 g/mol. The number of aryl methyl sites for hydroxylation is 1. The summed E-state index contributed by atoms with van der Waals surface area (Å²) in [4.78, 5) is 17.0. The number of methoxy groups -OCH3 is 1. The molecule has 0 atom stereocenters. The molecule has 150 valence electrons. The first-order chi connectivity index (χ1) is 13.6. The van der Waals surface area contributed by atoms with E-state index in [1.54, 1.807) is 7.11 Å². The molecule has 1 amide bonds. The summed E-state index contributed by atoms with van der Waals surface area (Å²) in [7, 11) is 1.68. The molecule has 0 saturated carbocycles. The van der Waals surface area contributed by atoms with Crippen molar-refractivity contribution in [2.75, 3.05) is 46.4 Å². The summed E-state index contributed by atoms with van der Waals surface area (Å²) in [5.41, 5.74) is 3.69. The monoisotopic (exact) mass is 381 g/mol. The van der Waals surface area contributed by atoms with Gasteiger partial charge in [0, 0.05) is 39.3 Å². The zero-order chi connectivity index (χ0) is 19.8. The molecule has 0 aliphatic carbocycles. The molecule has 1 aliphatic heterocycles. The number of piperazine rings is 1. The van der Waals surface area contributed by atoms with Crippen LogP contribution in [0.1, 0.15) is 16.7 Å². The summed E-state index contributed by atoms with van der Waals surface area (Å²) in [5, 5.41) is 3.05. The van der Waals surface area contributed by atoms with Gasteiger partial charge < -0.3 is 10.1 Å². The molecule has 0 radical (unpaired) electrons. The van der Waals surface area contributed by atoms with Gasteiger partial charge in [0.1, 0.15) is 5.75 Å². The Labute approximate surface area is 168 Å². The maximum Gasteiger partial charge on any atom is 0.234 e. The minimum absolute atomic E-state index is 0.100. The number of carbonyl (C=O) groups is 1. The number of benzene rings is 2. The summed E-state index contributed by atoms with van der Waals surface area (Å²) in [5.74, 6) is 0.984. The Hall–Kier alpha value is -2.37. The normalized spacial score (nSPS) is 15.4. The second kappa shape index (κ2) is 10.2. The number of nitrogens with one attached hydrogen (secondary N) is 1. The van der Waals surface area contributed by atoms with Crippen LogP contribution in [0.3, 0.4) is 0 Å². The van der Waals surface area contributed by atoms with Crippen LogP contribution in [0.15, 0.2) is 48.5 Å². The smallest absolute Gasteiger partial charge is 0.234 e. The Morgan fingerprint density at radius 2 is 1.75 bits per heavy atom. The van der Waals surface area contributed by atoms with Crippen molar-refractivity contribution >= 4 is 5.91 Å². The molecule has 3 rings (SSSR count). The Bertz CT molecular complexity index is 756. The van der Waals surface area contributed by atoms with Crippen molar-refractivity contribution in [2.45, 2.75) is 19.9 Å². The fraction of sp³-hybridized carbons (Fsp3) is 0.435. The van der Waals surface area contributed by atoms with Gasteiger partial charge in [0.15, 0.2) is 0 Å². The van der Waals surface area contributed by atoms with Crippen molar-refractivity contribution in [1.82, 2.24) is 15.1 Å². The minimum atomic E-state index is 0.100. The van der Waals surface area contributed by atoms with Crippen LogP contribution in [0.5, 0.6) is 5.75 Å². The first-order valence-electron chi connectivity index (χ1n) is 10.0. The fourth-order valence-electron chi connectivity index (χ4n) is 3.65. The maximum atomic E-state index is 12.3. The van der Waals surface area contributed by atoms with Gasteiger partial charge in [0.05, 0.1) is 13.7 Å². The third kappa shape index (κ3) is 6.08. The van der Waals surface area contributed by atoms with Gasteiger partial charge in [0.2, 0.25) is 5.91 Å². The Morgan fingerprint density at radius 1 is 1.04 bits per heavy atom. The van der Waals surface area contributed by atoms with E-state index in [1.165, 1.54) is 11.1 Å². The van der Waals surface area contributed by atoms with Crippen molar-refractivity contribution in [2.24, 2.45) is 0 Å². The summed E-state index contributed by atoms with van der Waals surface area (Å²) >= 11 is 0. The van der Waals surface area contributed by atoms with Crippen molar-refractivity contribution in [3.63, 3.8) is 0 Å². The van der Waals surface area contributed by atoms with E-state index in [0.717, 1.165) is 50.5 Å². The van der Waals surface area contributed by atoms with Gasteiger partial charge in [0.25, 0.3) is 0 Å². The molecular formula is C23H31N3O2. The van der Waals surface area contributed by atoms with E-state index in [-0.39, 0.29) is 5.91 Å². The van der Waals surface area contributed by atoms with E-state index in [1.807, 2.05) is 12.1 Å². The minimum Gasteiger partial charge on any atom is -0.496 e. The third-order valence-electron chi connectivity index (χ3n) is 5.23. The van der Waals surface area contributed by atoms with E-state index in [2.05, 4.69) is 58.4 Å². The SMILES string of the molecule is COc1ccc(C)cc1CCNC(=O)CN1CCN(Cc2ccccc2)CC1. The third-order valence-corrected chi connectivity index (χ3v) is 5.23. The number of ether oxygens (including phenoxy) is 1. The van der Waals surface area contributed by atoms with Crippen LogP contribution in [0.2, 0.25) is 0 Å². The highest BCUT2D eigenvalue weighted by molar-refractivity contribution is 5.78. The van der Waals surface area contributed by atoms with Crippen LogP contribution in [0.4, 0.5) is 0 Å². The lowest BCUT2D eigenvalue weighted by Crippen LogP contribution is -2.49. The number of hydrogen-bond donors (Lipinski definition) is 1. The second-order valence-corrected chi connectivity index (χ2v) is 7.45. The lowest BCUT2D eigenvalue weighted by molar-refractivity contribution is -0.122. The molecule has 1 fully saturated rings. The van der Waals surface area contributed by atoms with Crippen molar-refractivity contribution in [3.8, 4) is 5.75 Å². The van der Waals surface area contributed by atoms with E-state index >= 15 is 0 Å². The fourth-order valence-corrected chi connectivity index (χ4v) is 3.65. The van der Waals surface area contributed by atoms with Crippen LogP contribution in [0, 0.1) is 6.92 Å². The van der Waals surface area contributed by atoms with Crippen LogP contribution < -0.4 is 10.1 Å². The number of hydrogen-bond acceptors (Lipinski definition) is 4. The Kier molecular flexibility index (Phi) is 7.46. The molecule has 5 heteroatoms. The predicted octanol–water partition coefficient (Wildman–Crippen LogP) is 2.48. The molecule has 2 aromatic rings. The van der Waals surface area contributed by atoms with Gasteiger partial charge in [-0.2, -0.15) is 0 Å². The molecule has 1 saturated heterocycles. The zero-order valence-corrected chi connectivity index (χ0v) is 17.0. The average Bonchev–Trinajstić information content (AvgIpc) is 2.70. The maximum absolute atomic E-state index is 12.3. The van der Waals surface area contributed by atoms with E-state index in [0.29, 0.717) is 13.1 Å². The summed E-state index contributed by atoms with van der Waals surface area (Å²) < 4.78 is 5.41. The molecule has 0 unspecified atom stereocenters. The zero-order valence-electron chi connectivity index (χ0n) is 17.0. The number of amides is 1. The highest BCUT2D eigenvalue weighted by Crippen LogP contribution is 2.19. The van der Waals surface area contributed by atoms with Crippen LogP contribution in [-0.2, 0) is 17.8 Å². The molecule has 28 heavy (non-hydrogen) atoms. The molecule has 2 aromatic carbocycles. The van der Waals surface area contributed by atoms with Gasteiger partial charge in [-0.05, 0) is 30.5 Å². The van der Waals surface area contributed by atoms with Crippen LogP contribution in [0.25, 0.3) is 0 Å². The van der Waals surface area contributed by atoms with Gasteiger partial charge in [-0.1, -0.05) is 48.0 Å². The lowest BCUT2D eigenvalue weighted by Gasteiger charge is -2.34. The van der Waals surface area contributed by atoms with Crippen LogP contribution in [-0.4, -0.2) is 62.1 Å². The Morgan fingerprint density at radius 3 is 2.46 bits per heavy atom. The van der Waals surface area contributed by atoms with Crippen LogP contribution >= 0.6 is 0 Å². The largest absolute Gasteiger partial charge is 0.496 e. The van der Waals surface area contributed by atoms with Gasteiger partial charge >= 0.3 is 0 Å². The number of carbonyl (C=O) groups excluding carboxylic acids is 1. The van der Waals surface area contributed by atoms with Gasteiger partial charge in [-0.15, -0.1) is 0 Å². The molecule has 0 aromatic heterocycles. The van der Waals surface area contributed by atoms with Gasteiger partial charge in [-0.25, -0.2) is 0 Å². The topological polar surface area (TPSA) is 44.8 Å². The van der Waals surface area contributed by atoms with E-state index < -0.39 is 0 Å². The molecule has 0 bridgehead atoms. The lowest BCUT2D eigenvalue weighted by atomic mass is 10.1. The summed E-state index contributed by atoms with van der Waals surface area (Å²) in [6.45, 7) is 8.04. The first kappa shape index (κ1) is 20.4. The number of nitrogens with zero attached hydrogens (tertiary/aromatic N) is 2. The quantitative estimate of drug-likeness (QED) is 0.763. The molecule has 5 nitrogen and oxygen atoms in total. The van der Waals surface area contributed by atoms with E-state index in [9.17, 15) is 4.79 Å². The number of rotatable bonds is 8. The Balaban J connectivity index is 1.36. The summed E-state index contributed by atoms with van der Waals surface area (Å²) in [6.07, 6.45) is 0.779. The summed E-state index contributed by atoms with van der Waals surface area (Å²) in [6, 6.07) is 16.7. The highest BCUT2D eigenvalue weighted by atomic mass is 16.5. The first-order valence-corrected chi connectivity index (χ1v) is 10.0. The van der Waals surface area contributed by atoms with Crippen molar-refractivity contribution in [1.29, 1.82) is 0 Å².